The molecule has 0 spiro atoms. The standard InChI is InChI=1S/C27H27ClN6O4/c1-36-13-11-34-26(30-31-32-34)25(22-15-19-14-20(37-2)9-10-24(19)29-27(22)35)33(17-21-7-5-12-38-21)16-18-6-3-4-8-23(18)28/h3-10,12,14-15,25H,11,13,16-17H2,1-2H3,(H,29,35). The van der Waals surface area contributed by atoms with Crippen LogP contribution in [-0.2, 0) is 24.4 Å². The zero-order valence-electron chi connectivity index (χ0n) is 21.0. The Kier molecular flexibility index (Phi) is 7.83. The number of methoxy groups -OCH3 is 2. The van der Waals surface area contributed by atoms with Crippen molar-refractivity contribution in [3.63, 3.8) is 0 Å². The number of benzene rings is 2. The van der Waals surface area contributed by atoms with Gasteiger partial charge in [0.15, 0.2) is 5.82 Å². The Morgan fingerprint density at radius 1 is 1.11 bits per heavy atom. The fourth-order valence-electron chi connectivity index (χ4n) is 4.46. The Labute approximate surface area is 223 Å². The molecule has 0 aliphatic rings. The molecule has 0 saturated carbocycles. The molecule has 1 N–H and O–H groups in total. The molecule has 0 aliphatic heterocycles. The van der Waals surface area contributed by atoms with Gasteiger partial charge in [-0.25, -0.2) is 4.68 Å². The van der Waals surface area contributed by atoms with Crippen molar-refractivity contribution in [1.29, 1.82) is 0 Å². The van der Waals surface area contributed by atoms with Crippen molar-refractivity contribution in [2.45, 2.75) is 25.7 Å². The summed E-state index contributed by atoms with van der Waals surface area (Å²) in [6, 6.07) is 18.0. The van der Waals surface area contributed by atoms with Crippen LogP contribution in [0.3, 0.4) is 0 Å². The molecule has 0 fully saturated rings. The molecule has 5 aromatic rings. The summed E-state index contributed by atoms with van der Waals surface area (Å²) in [5, 5.41) is 13.9. The number of aromatic nitrogens is 5. The van der Waals surface area contributed by atoms with Gasteiger partial charge in [-0.05, 0) is 58.5 Å². The molecular formula is C27H27ClN6O4. The normalized spacial score (nSPS) is 12.3. The number of rotatable bonds is 11. The summed E-state index contributed by atoms with van der Waals surface area (Å²) < 4.78 is 18.1. The molecule has 0 saturated heterocycles. The van der Waals surface area contributed by atoms with E-state index in [2.05, 4.69) is 25.4 Å². The number of fused-ring (bicyclic) bond motifs is 1. The molecule has 10 nitrogen and oxygen atoms in total. The number of aromatic amines is 1. The van der Waals surface area contributed by atoms with Crippen LogP contribution in [0.1, 0.15) is 28.8 Å². The fraction of sp³-hybridized carbons (Fsp3) is 0.259. The van der Waals surface area contributed by atoms with E-state index in [9.17, 15) is 4.79 Å². The van der Waals surface area contributed by atoms with Crippen molar-refractivity contribution in [2.24, 2.45) is 0 Å². The number of tetrazole rings is 1. The zero-order valence-corrected chi connectivity index (χ0v) is 21.8. The molecule has 3 heterocycles. The quantitative estimate of drug-likeness (QED) is 0.268. The third-order valence-corrected chi connectivity index (χ3v) is 6.69. The van der Waals surface area contributed by atoms with Crippen molar-refractivity contribution < 1.29 is 13.9 Å². The lowest BCUT2D eigenvalue weighted by atomic mass is 10.0. The van der Waals surface area contributed by atoms with Crippen LogP contribution >= 0.6 is 11.6 Å². The van der Waals surface area contributed by atoms with Gasteiger partial charge < -0.3 is 18.9 Å². The lowest BCUT2D eigenvalue weighted by Crippen LogP contribution is -2.35. The molecule has 1 unspecified atom stereocenters. The number of furan rings is 1. The van der Waals surface area contributed by atoms with Gasteiger partial charge in [0.2, 0.25) is 0 Å². The van der Waals surface area contributed by atoms with Crippen LogP contribution in [0.5, 0.6) is 5.75 Å². The van der Waals surface area contributed by atoms with Gasteiger partial charge in [0.1, 0.15) is 17.6 Å². The van der Waals surface area contributed by atoms with E-state index in [-0.39, 0.29) is 5.56 Å². The minimum atomic E-state index is -0.650. The first-order valence-electron chi connectivity index (χ1n) is 12.0. The van der Waals surface area contributed by atoms with E-state index < -0.39 is 6.04 Å². The SMILES string of the molecule is COCCn1nnnc1C(c1cc2cc(OC)ccc2[nH]c1=O)N(Cc1ccco1)Cc1ccccc1Cl. The van der Waals surface area contributed by atoms with Gasteiger partial charge in [0.25, 0.3) is 5.56 Å². The van der Waals surface area contributed by atoms with E-state index in [0.29, 0.717) is 53.9 Å². The van der Waals surface area contributed by atoms with Crippen LogP contribution in [0.2, 0.25) is 5.02 Å². The van der Waals surface area contributed by atoms with Crippen LogP contribution < -0.4 is 10.3 Å². The summed E-state index contributed by atoms with van der Waals surface area (Å²) in [7, 11) is 3.22. The van der Waals surface area contributed by atoms with Gasteiger partial charge in [-0.3, -0.25) is 9.69 Å². The van der Waals surface area contributed by atoms with Gasteiger partial charge in [-0.1, -0.05) is 29.8 Å². The summed E-state index contributed by atoms with van der Waals surface area (Å²) >= 11 is 6.57. The molecule has 11 heteroatoms. The van der Waals surface area contributed by atoms with E-state index in [4.69, 9.17) is 25.5 Å². The Morgan fingerprint density at radius 2 is 1.97 bits per heavy atom. The third-order valence-electron chi connectivity index (χ3n) is 6.32. The first-order valence-corrected chi connectivity index (χ1v) is 12.4. The zero-order chi connectivity index (χ0) is 26.5. The van der Waals surface area contributed by atoms with Crippen LogP contribution in [-0.4, -0.2) is 50.9 Å². The maximum absolute atomic E-state index is 13.6. The molecule has 0 aliphatic carbocycles. The molecule has 0 radical (unpaired) electrons. The summed E-state index contributed by atoms with van der Waals surface area (Å²) in [5.74, 6) is 1.89. The van der Waals surface area contributed by atoms with E-state index in [1.165, 1.54) is 0 Å². The second-order valence-corrected chi connectivity index (χ2v) is 9.15. The fourth-order valence-corrected chi connectivity index (χ4v) is 4.66. The van der Waals surface area contributed by atoms with Crippen molar-refractivity contribution in [3.05, 3.63) is 105 Å². The summed E-state index contributed by atoms with van der Waals surface area (Å²) in [5.41, 5.74) is 1.80. The molecule has 3 aromatic heterocycles. The first kappa shape index (κ1) is 25.7. The number of halogens is 1. The lowest BCUT2D eigenvalue weighted by Gasteiger charge is -2.30. The number of hydrogen-bond donors (Lipinski definition) is 1. The molecule has 0 bridgehead atoms. The molecular weight excluding hydrogens is 508 g/mol. The van der Waals surface area contributed by atoms with Crippen LogP contribution in [0.4, 0.5) is 0 Å². The third kappa shape index (κ3) is 5.47. The van der Waals surface area contributed by atoms with Crippen LogP contribution in [0.15, 0.2) is 76.1 Å². The molecule has 1 atom stereocenters. The molecule has 38 heavy (non-hydrogen) atoms. The van der Waals surface area contributed by atoms with E-state index in [1.807, 2.05) is 54.6 Å². The molecule has 196 valence electrons. The number of nitrogens with one attached hydrogen (secondary N) is 1. The highest BCUT2D eigenvalue weighted by Gasteiger charge is 2.31. The first-order chi connectivity index (χ1) is 18.6. The number of pyridine rings is 1. The number of H-pyrrole nitrogens is 1. The Bertz CT molecular complexity index is 1570. The maximum atomic E-state index is 13.6. The Morgan fingerprint density at radius 3 is 2.74 bits per heavy atom. The summed E-state index contributed by atoms with van der Waals surface area (Å²) in [6.07, 6.45) is 1.62. The molecule has 0 amide bonds. The van der Waals surface area contributed by atoms with E-state index in [1.54, 1.807) is 31.2 Å². The van der Waals surface area contributed by atoms with Gasteiger partial charge >= 0.3 is 0 Å². The number of nitrogens with zero attached hydrogens (tertiary/aromatic N) is 5. The molecule has 5 rings (SSSR count). The van der Waals surface area contributed by atoms with Gasteiger partial charge in [-0.2, -0.15) is 0 Å². The van der Waals surface area contributed by atoms with Crippen LogP contribution in [0.25, 0.3) is 10.9 Å². The second kappa shape index (κ2) is 11.6. The Hall–Kier alpha value is -3.99. The largest absolute Gasteiger partial charge is 0.497 e. The predicted octanol–water partition coefficient (Wildman–Crippen LogP) is 4.21. The minimum Gasteiger partial charge on any atom is -0.497 e. The minimum absolute atomic E-state index is 0.252. The van der Waals surface area contributed by atoms with Gasteiger partial charge in [0, 0.05) is 35.1 Å². The van der Waals surface area contributed by atoms with Crippen LogP contribution in [0, 0.1) is 0 Å². The van der Waals surface area contributed by atoms with Gasteiger partial charge in [0.05, 0.1) is 33.1 Å². The number of ether oxygens (including phenoxy) is 2. The lowest BCUT2D eigenvalue weighted by molar-refractivity contribution is 0.163. The topological polar surface area (TPSA) is 111 Å². The van der Waals surface area contributed by atoms with Crippen molar-refractivity contribution >= 4 is 22.5 Å². The maximum Gasteiger partial charge on any atom is 0.253 e. The van der Waals surface area contributed by atoms with E-state index in [0.717, 1.165) is 16.7 Å². The van der Waals surface area contributed by atoms with E-state index >= 15 is 0 Å². The van der Waals surface area contributed by atoms with Gasteiger partial charge in [-0.15, -0.1) is 5.10 Å². The smallest absolute Gasteiger partial charge is 0.253 e. The van der Waals surface area contributed by atoms with Crippen molar-refractivity contribution in [3.8, 4) is 5.75 Å². The predicted molar refractivity (Wildman–Crippen MR) is 142 cm³/mol. The van der Waals surface area contributed by atoms with Crippen molar-refractivity contribution in [2.75, 3.05) is 20.8 Å². The number of hydrogen-bond acceptors (Lipinski definition) is 8. The summed E-state index contributed by atoms with van der Waals surface area (Å²) in [6.45, 7) is 1.58. The average molecular weight is 535 g/mol. The average Bonchev–Trinajstić information content (AvgIpc) is 3.61. The highest BCUT2D eigenvalue weighted by molar-refractivity contribution is 6.31. The van der Waals surface area contributed by atoms with Crippen molar-refractivity contribution in [1.82, 2.24) is 30.1 Å². The Balaban J connectivity index is 1.70. The summed E-state index contributed by atoms with van der Waals surface area (Å²) in [4.78, 5) is 18.7. The highest BCUT2D eigenvalue weighted by Crippen LogP contribution is 2.32. The highest BCUT2D eigenvalue weighted by atomic mass is 35.5. The monoisotopic (exact) mass is 534 g/mol. The molecule has 2 aromatic carbocycles. The second-order valence-electron chi connectivity index (χ2n) is 8.74.